The third-order valence-electron chi connectivity index (χ3n) is 3.39. The number of rotatable bonds is 11. The van der Waals surface area contributed by atoms with E-state index >= 15 is 0 Å². The number of hydrogen-bond donors (Lipinski definition) is 1. The summed E-state index contributed by atoms with van der Waals surface area (Å²) in [5.41, 5.74) is 0. The van der Waals surface area contributed by atoms with Gasteiger partial charge in [0.1, 0.15) is 0 Å². The SMILES string of the molecule is O=C(O)CCC(F)(F)C(F)(F)C(F)(F)C(F)(F)C(F)(F)C(F)(F)CCC(=O)Cl. The smallest absolute Gasteiger partial charge is 0.384 e. The molecule has 0 saturated heterocycles. The highest BCUT2D eigenvalue weighted by atomic mass is 35.5. The van der Waals surface area contributed by atoms with Crippen LogP contribution in [0.1, 0.15) is 25.7 Å². The molecule has 0 aromatic heterocycles. The van der Waals surface area contributed by atoms with Crippen LogP contribution in [0.4, 0.5) is 52.7 Å². The average molecular weight is 465 g/mol. The molecule has 166 valence electrons. The van der Waals surface area contributed by atoms with Crippen LogP contribution in [-0.2, 0) is 9.59 Å². The summed E-state index contributed by atoms with van der Waals surface area (Å²) in [6.07, 6.45) is -9.01. The Balaban J connectivity index is 6.12. The number of halogens is 13. The maximum absolute atomic E-state index is 13.4. The lowest BCUT2D eigenvalue weighted by molar-refractivity contribution is -0.425. The lowest BCUT2D eigenvalue weighted by atomic mass is 9.89. The molecule has 0 amide bonds. The molecular weight excluding hydrogens is 456 g/mol. The van der Waals surface area contributed by atoms with Crippen LogP contribution in [0.2, 0.25) is 0 Å². The van der Waals surface area contributed by atoms with Crippen molar-refractivity contribution >= 4 is 22.8 Å². The molecule has 1 N–H and O–H groups in total. The van der Waals surface area contributed by atoms with E-state index < -0.39 is 72.4 Å². The summed E-state index contributed by atoms with van der Waals surface area (Å²) in [5.74, 6) is -45.0. The van der Waals surface area contributed by atoms with Gasteiger partial charge in [-0.15, -0.1) is 0 Å². The Morgan fingerprint density at radius 1 is 0.607 bits per heavy atom. The van der Waals surface area contributed by atoms with E-state index in [9.17, 15) is 62.3 Å². The standard InChI is InChI=1S/C12H9ClF12O3/c13-5(26)1-3-7(14,15)9(18,19)11(22,23)12(24,25)10(20,21)8(16,17)4-2-6(27)28/h1-4H2,(H,27,28). The minimum Gasteiger partial charge on any atom is -0.481 e. The van der Waals surface area contributed by atoms with Gasteiger partial charge in [0.15, 0.2) is 0 Å². The molecule has 16 heteroatoms. The van der Waals surface area contributed by atoms with Gasteiger partial charge in [0.25, 0.3) is 0 Å². The molecule has 0 spiro atoms. The molecule has 0 fully saturated rings. The molecule has 0 unspecified atom stereocenters. The highest BCUT2D eigenvalue weighted by Crippen LogP contribution is 2.61. The minimum absolute atomic E-state index is 1.77. The van der Waals surface area contributed by atoms with Gasteiger partial charge in [0.2, 0.25) is 5.24 Å². The van der Waals surface area contributed by atoms with Gasteiger partial charge >= 0.3 is 41.5 Å². The number of carbonyl (C=O) groups excluding carboxylic acids is 1. The van der Waals surface area contributed by atoms with Crippen LogP contribution in [0.25, 0.3) is 0 Å². The first kappa shape index (κ1) is 26.6. The number of carboxylic acid groups (broad SMARTS) is 1. The molecule has 0 rings (SSSR count). The minimum atomic E-state index is -7.76. The second-order valence-corrected chi connectivity index (χ2v) is 5.88. The van der Waals surface area contributed by atoms with E-state index in [4.69, 9.17) is 5.11 Å². The van der Waals surface area contributed by atoms with Crippen LogP contribution < -0.4 is 0 Å². The lowest BCUT2D eigenvalue weighted by Gasteiger charge is -2.41. The van der Waals surface area contributed by atoms with Gasteiger partial charge in [-0.2, -0.15) is 52.7 Å². The van der Waals surface area contributed by atoms with Crippen LogP contribution in [0.5, 0.6) is 0 Å². The highest BCUT2D eigenvalue weighted by Gasteiger charge is 2.89. The van der Waals surface area contributed by atoms with Crippen LogP contribution >= 0.6 is 11.6 Å². The summed E-state index contributed by atoms with van der Waals surface area (Å²) in [6.45, 7) is 0. The quantitative estimate of drug-likeness (QED) is 0.337. The Morgan fingerprint density at radius 2 is 0.893 bits per heavy atom. The fourth-order valence-electron chi connectivity index (χ4n) is 1.69. The Bertz CT molecular complexity index is 553. The van der Waals surface area contributed by atoms with E-state index in [0.29, 0.717) is 0 Å². The van der Waals surface area contributed by atoms with Crippen molar-refractivity contribution in [2.75, 3.05) is 0 Å². The monoisotopic (exact) mass is 464 g/mol. The van der Waals surface area contributed by atoms with Crippen LogP contribution in [-0.4, -0.2) is 51.9 Å². The molecule has 0 atom stereocenters. The molecule has 3 nitrogen and oxygen atoms in total. The fourth-order valence-corrected chi connectivity index (χ4v) is 1.78. The van der Waals surface area contributed by atoms with Crippen molar-refractivity contribution in [3.63, 3.8) is 0 Å². The Hall–Kier alpha value is -1.41. The lowest BCUT2D eigenvalue weighted by Crippen LogP contribution is -2.70. The van der Waals surface area contributed by atoms with Gasteiger partial charge < -0.3 is 5.11 Å². The van der Waals surface area contributed by atoms with Gasteiger partial charge in [-0.05, 0) is 11.6 Å². The largest absolute Gasteiger partial charge is 0.481 e. The third-order valence-corrected chi connectivity index (χ3v) is 3.58. The maximum atomic E-state index is 13.4. The normalized spacial score (nSPS) is 14.9. The van der Waals surface area contributed by atoms with Gasteiger partial charge in [-0.1, -0.05) is 0 Å². The van der Waals surface area contributed by atoms with Crippen molar-refractivity contribution < 1.29 is 67.4 Å². The van der Waals surface area contributed by atoms with E-state index in [1.807, 2.05) is 0 Å². The maximum Gasteiger partial charge on any atom is 0.384 e. The molecule has 28 heavy (non-hydrogen) atoms. The second-order valence-electron chi connectivity index (χ2n) is 5.46. The fraction of sp³-hybridized carbons (Fsp3) is 0.833. The molecule has 0 aliphatic carbocycles. The van der Waals surface area contributed by atoms with E-state index in [1.54, 1.807) is 0 Å². The van der Waals surface area contributed by atoms with Gasteiger partial charge in [-0.25, -0.2) is 0 Å². The predicted molar refractivity (Wildman–Crippen MR) is 66.6 cm³/mol. The molecular formula is C12H9ClF12O3. The van der Waals surface area contributed by atoms with Crippen molar-refractivity contribution in [1.29, 1.82) is 0 Å². The van der Waals surface area contributed by atoms with Crippen molar-refractivity contribution in [2.45, 2.75) is 61.2 Å². The first-order valence-electron chi connectivity index (χ1n) is 6.75. The Morgan fingerprint density at radius 3 is 1.14 bits per heavy atom. The number of aliphatic carboxylic acids is 1. The molecule has 0 aromatic carbocycles. The van der Waals surface area contributed by atoms with Crippen molar-refractivity contribution in [1.82, 2.24) is 0 Å². The third kappa shape index (κ3) is 4.43. The van der Waals surface area contributed by atoms with E-state index in [2.05, 4.69) is 11.6 Å². The average Bonchev–Trinajstić information content (AvgIpc) is 2.50. The molecule has 0 aliphatic rings. The summed E-state index contributed by atoms with van der Waals surface area (Å²) in [7, 11) is 0. The van der Waals surface area contributed by atoms with Gasteiger partial charge in [0, 0.05) is 19.3 Å². The Labute approximate surface area is 152 Å². The second kappa shape index (κ2) is 7.78. The molecule has 0 heterocycles. The summed E-state index contributed by atoms with van der Waals surface area (Å²) in [5, 5.41) is 6.28. The first-order chi connectivity index (χ1) is 12.1. The molecule has 0 radical (unpaired) electrons. The summed E-state index contributed by atoms with van der Waals surface area (Å²) >= 11 is 4.51. The molecule has 0 aromatic rings. The summed E-state index contributed by atoms with van der Waals surface area (Å²) in [4.78, 5) is 20.3. The summed E-state index contributed by atoms with van der Waals surface area (Å²) in [6, 6.07) is 0. The van der Waals surface area contributed by atoms with Crippen molar-refractivity contribution in [3.05, 3.63) is 0 Å². The molecule has 0 bridgehead atoms. The zero-order chi connectivity index (χ0) is 23.0. The van der Waals surface area contributed by atoms with E-state index in [-0.39, 0.29) is 0 Å². The zero-order valence-corrected chi connectivity index (χ0v) is 13.8. The number of carboxylic acids is 1. The van der Waals surface area contributed by atoms with Crippen LogP contribution in [0, 0.1) is 0 Å². The topological polar surface area (TPSA) is 54.4 Å². The van der Waals surface area contributed by atoms with Crippen LogP contribution in [0.3, 0.4) is 0 Å². The van der Waals surface area contributed by atoms with Crippen LogP contribution in [0.15, 0.2) is 0 Å². The van der Waals surface area contributed by atoms with Gasteiger partial charge in [0.05, 0.1) is 6.42 Å². The predicted octanol–water partition coefficient (Wildman–Crippen LogP) is 5.21. The highest BCUT2D eigenvalue weighted by molar-refractivity contribution is 6.63. The molecule has 0 aliphatic heterocycles. The first-order valence-corrected chi connectivity index (χ1v) is 7.13. The van der Waals surface area contributed by atoms with Crippen molar-refractivity contribution in [3.8, 4) is 0 Å². The van der Waals surface area contributed by atoms with Gasteiger partial charge in [-0.3, -0.25) is 9.59 Å². The number of hydrogen-bond acceptors (Lipinski definition) is 2. The zero-order valence-electron chi connectivity index (χ0n) is 13.0. The Kier molecular flexibility index (Phi) is 7.39. The number of alkyl halides is 12. The van der Waals surface area contributed by atoms with Crippen molar-refractivity contribution in [2.24, 2.45) is 0 Å². The van der Waals surface area contributed by atoms with E-state index in [0.717, 1.165) is 0 Å². The van der Waals surface area contributed by atoms with E-state index in [1.165, 1.54) is 0 Å². The summed E-state index contributed by atoms with van der Waals surface area (Å²) < 4.78 is 160. The number of carbonyl (C=O) groups is 2. The molecule has 0 saturated carbocycles.